The van der Waals surface area contributed by atoms with Gasteiger partial charge in [0.05, 0.1) is 17.9 Å². The number of benzene rings is 2. The second-order valence-electron chi connectivity index (χ2n) is 7.58. The average molecular weight is 360 g/mol. The standard InChI is InChI=1S/C22H24N4O/c1-14(2)22(27)25-13-16-9-5-6-10-17(16)20-21(26(15(3)4)24-23-20)18-11-7-8-12-19(18)25/h5-12,14-15H,13H2,1-4H3. The maximum atomic E-state index is 13.1. The van der Waals surface area contributed by atoms with Crippen molar-refractivity contribution in [3.8, 4) is 22.5 Å². The first-order chi connectivity index (χ1) is 13.0. The Kier molecular flexibility index (Phi) is 4.30. The van der Waals surface area contributed by atoms with Crippen molar-refractivity contribution < 1.29 is 4.79 Å². The number of nitrogens with zero attached hydrogens (tertiary/aromatic N) is 4. The fourth-order valence-corrected chi connectivity index (χ4v) is 3.65. The molecule has 1 aromatic heterocycles. The van der Waals surface area contributed by atoms with Crippen molar-refractivity contribution >= 4 is 11.6 Å². The van der Waals surface area contributed by atoms with E-state index < -0.39 is 0 Å². The maximum absolute atomic E-state index is 13.1. The molecular formula is C22H24N4O. The Hall–Kier alpha value is -2.95. The van der Waals surface area contributed by atoms with Crippen LogP contribution in [0.1, 0.15) is 39.3 Å². The smallest absolute Gasteiger partial charge is 0.229 e. The van der Waals surface area contributed by atoms with Gasteiger partial charge in [-0.05, 0) is 25.5 Å². The van der Waals surface area contributed by atoms with Gasteiger partial charge in [-0.1, -0.05) is 61.5 Å². The average Bonchev–Trinajstić information content (AvgIpc) is 3.09. The van der Waals surface area contributed by atoms with E-state index in [4.69, 9.17) is 0 Å². The number of amides is 1. The molecule has 0 fully saturated rings. The summed E-state index contributed by atoms with van der Waals surface area (Å²) in [6.07, 6.45) is 0. The van der Waals surface area contributed by atoms with E-state index >= 15 is 0 Å². The van der Waals surface area contributed by atoms with E-state index in [1.807, 2.05) is 53.8 Å². The van der Waals surface area contributed by atoms with Crippen molar-refractivity contribution in [1.82, 2.24) is 15.0 Å². The molecule has 5 heteroatoms. The van der Waals surface area contributed by atoms with E-state index in [2.05, 4.69) is 42.4 Å². The first kappa shape index (κ1) is 17.5. The zero-order chi connectivity index (χ0) is 19.1. The third kappa shape index (κ3) is 2.83. The van der Waals surface area contributed by atoms with E-state index in [0.717, 1.165) is 33.8 Å². The lowest BCUT2D eigenvalue weighted by molar-refractivity contribution is -0.121. The molecule has 0 aliphatic carbocycles. The van der Waals surface area contributed by atoms with E-state index in [1.54, 1.807) is 0 Å². The highest BCUT2D eigenvalue weighted by molar-refractivity contribution is 6.00. The Morgan fingerprint density at radius 1 is 0.963 bits per heavy atom. The molecule has 1 aliphatic rings. The van der Waals surface area contributed by atoms with Gasteiger partial charge in [0.2, 0.25) is 5.91 Å². The molecule has 0 unspecified atom stereocenters. The molecular weight excluding hydrogens is 336 g/mol. The van der Waals surface area contributed by atoms with Crippen molar-refractivity contribution in [2.75, 3.05) is 4.90 Å². The first-order valence-corrected chi connectivity index (χ1v) is 9.43. The van der Waals surface area contributed by atoms with E-state index in [9.17, 15) is 4.79 Å². The summed E-state index contributed by atoms with van der Waals surface area (Å²) in [6, 6.07) is 16.4. The summed E-state index contributed by atoms with van der Waals surface area (Å²) in [5.74, 6) is 0.0292. The minimum atomic E-state index is -0.0859. The van der Waals surface area contributed by atoms with E-state index in [-0.39, 0.29) is 17.9 Å². The van der Waals surface area contributed by atoms with Gasteiger partial charge < -0.3 is 4.90 Å². The van der Waals surface area contributed by atoms with Gasteiger partial charge in [-0.3, -0.25) is 4.79 Å². The number of anilines is 1. The Morgan fingerprint density at radius 2 is 1.63 bits per heavy atom. The van der Waals surface area contributed by atoms with E-state index in [1.165, 1.54) is 0 Å². The van der Waals surface area contributed by atoms with Gasteiger partial charge in [0.25, 0.3) is 0 Å². The van der Waals surface area contributed by atoms with Crippen molar-refractivity contribution in [1.29, 1.82) is 0 Å². The summed E-state index contributed by atoms with van der Waals surface area (Å²) >= 11 is 0. The summed E-state index contributed by atoms with van der Waals surface area (Å²) in [5, 5.41) is 8.98. The third-order valence-electron chi connectivity index (χ3n) is 4.99. The summed E-state index contributed by atoms with van der Waals surface area (Å²) in [5.41, 5.74) is 5.87. The fraction of sp³-hybridized carbons (Fsp3) is 0.318. The number of hydrogen-bond acceptors (Lipinski definition) is 3. The number of carbonyl (C=O) groups is 1. The van der Waals surface area contributed by atoms with Crippen LogP contribution in [0.3, 0.4) is 0 Å². The van der Waals surface area contributed by atoms with Crippen molar-refractivity contribution in [3.63, 3.8) is 0 Å². The molecule has 0 radical (unpaired) electrons. The van der Waals surface area contributed by atoms with Crippen LogP contribution < -0.4 is 4.90 Å². The molecule has 5 nitrogen and oxygen atoms in total. The monoisotopic (exact) mass is 360 g/mol. The molecule has 2 heterocycles. The number of carbonyl (C=O) groups excluding carboxylic acids is 1. The predicted molar refractivity (Wildman–Crippen MR) is 107 cm³/mol. The number of para-hydroxylation sites is 1. The van der Waals surface area contributed by atoms with Crippen LogP contribution in [0.15, 0.2) is 48.5 Å². The van der Waals surface area contributed by atoms with Gasteiger partial charge in [0, 0.05) is 23.1 Å². The van der Waals surface area contributed by atoms with Gasteiger partial charge in [0.15, 0.2) is 0 Å². The highest BCUT2D eigenvalue weighted by Gasteiger charge is 2.30. The van der Waals surface area contributed by atoms with Gasteiger partial charge in [-0.2, -0.15) is 0 Å². The SMILES string of the molecule is CC(C)C(=O)N1Cc2ccccc2-c2nnn(C(C)C)c2-c2ccccc21. The van der Waals surface area contributed by atoms with Crippen molar-refractivity contribution in [2.24, 2.45) is 5.92 Å². The quantitative estimate of drug-likeness (QED) is 0.666. The molecule has 0 saturated carbocycles. The molecule has 138 valence electrons. The molecule has 1 amide bonds. The molecule has 27 heavy (non-hydrogen) atoms. The Balaban J connectivity index is 2.07. The normalized spacial score (nSPS) is 13.0. The minimum absolute atomic E-state index is 0.0859. The molecule has 0 spiro atoms. The van der Waals surface area contributed by atoms with Crippen LogP contribution in [0.4, 0.5) is 5.69 Å². The predicted octanol–water partition coefficient (Wildman–Crippen LogP) is 4.70. The molecule has 2 aromatic carbocycles. The van der Waals surface area contributed by atoms with Crippen molar-refractivity contribution in [2.45, 2.75) is 40.3 Å². The zero-order valence-corrected chi connectivity index (χ0v) is 16.2. The van der Waals surface area contributed by atoms with Gasteiger partial charge in [-0.25, -0.2) is 4.68 Å². The largest absolute Gasteiger partial charge is 0.307 e. The molecule has 4 rings (SSSR count). The molecule has 0 atom stereocenters. The molecule has 0 saturated heterocycles. The first-order valence-electron chi connectivity index (χ1n) is 9.43. The van der Waals surface area contributed by atoms with Crippen LogP contribution in [0.5, 0.6) is 0 Å². The highest BCUT2D eigenvalue weighted by atomic mass is 16.2. The lowest BCUT2D eigenvalue weighted by atomic mass is 9.95. The number of rotatable bonds is 2. The zero-order valence-electron chi connectivity index (χ0n) is 16.2. The highest BCUT2D eigenvalue weighted by Crippen LogP contribution is 2.42. The van der Waals surface area contributed by atoms with Crippen molar-refractivity contribution in [3.05, 3.63) is 54.1 Å². The molecule has 0 N–H and O–H groups in total. The summed E-state index contributed by atoms with van der Waals surface area (Å²) < 4.78 is 1.95. The van der Waals surface area contributed by atoms with Crippen LogP contribution in [0.2, 0.25) is 0 Å². The Bertz CT molecular complexity index is 1000. The van der Waals surface area contributed by atoms with Gasteiger partial charge in [0.1, 0.15) is 5.69 Å². The van der Waals surface area contributed by atoms with Gasteiger partial charge >= 0.3 is 0 Å². The fourth-order valence-electron chi connectivity index (χ4n) is 3.65. The Morgan fingerprint density at radius 3 is 2.33 bits per heavy atom. The number of fused-ring (bicyclic) bond motifs is 5. The van der Waals surface area contributed by atoms with Crippen LogP contribution in [-0.2, 0) is 11.3 Å². The maximum Gasteiger partial charge on any atom is 0.229 e. The molecule has 0 bridgehead atoms. The molecule has 3 aromatic rings. The van der Waals surface area contributed by atoms with Gasteiger partial charge in [-0.15, -0.1) is 5.10 Å². The number of aromatic nitrogens is 3. The lowest BCUT2D eigenvalue weighted by Crippen LogP contribution is -2.35. The van der Waals surface area contributed by atoms with Crippen LogP contribution in [0.25, 0.3) is 22.5 Å². The molecule has 1 aliphatic heterocycles. The van der Waals surface area contributed by atoms with Crippen LogP contribution >= 0.6 is 0 Å². The Labute approximate surface area is 159 Å². The third-order valence-corrected chi connectivity index (χ3v) is 4.99. The summed E-state index contributed by atoms with van der Waals surface area (Å²) in [6.45, 7) is 8.61. The van der Waals surface area contributed by atoms with E-state index in [0.29, 0.717) is 6.54 Å². The second-order valence-corrected chi connectivity index (χ2v) is 7.58. The lowest BCUT2D eigenvalue weighted by Gasteiger charge is -2.30. The minimum Gasteiger partial charge on any atom is -0.307 e. The summed E-state index contributed by atoms with van der Waals surface area (Å²) in [4.78, 5) is 15.0. The second kappa shape index (κ2) is 6.65. The van der Waals surface area contributed by atoms with Crippen LogP contribution in [-0.4, -0.2) is 20.9 Å². The topological polar surface area (TPSA) is 51.0 Å². The van der Waals surface area contributed by atoms with Crippen LogP contribution in [0, 0.1) is 5.92 Å². The number of hydrogen-bond donors (Lipinski definition) is 0. The summed E-state index contributed by atoms with van der Waals surface area (Å²) in [7, 11) is 0.